The molecule has 1 N–H and O–H groups in total. The summed E-state index contributed by atoms with van der Waals surface area (Å²) in [6.07, 6.45) is 4.06. The first kappa shape index (κ1) is 16.2. The molecule has 0 aromatic carbocycles. The Morgan fingerprint density at radius 3 is 2.90 bits per heavy atom. The van der Waals surface area contributed by atoms with E-state index in [-0.39, 0.29) is 23.9 Å². The lowest BCUT2D eigenvalue weighted by molar-refractivity contribution is -0.150. The molecule has 2 aliphatic heterocycles. The summed E-state index contributed by atoms with van der Waals surface area (Å²) in [4.78, 5) is 25.7. The van der Waals surface area contributed by atoms with Crippen LogP contribution in [-0.4, -0.2) is 62.3 Å². The Bertz CT molecular complexity index is 356. The van der Waals surface area contributed by atoms with Crippen LogP contribution in [0.5, 0.6) is 0 Å². The van der Waals surface area contributed by atoms with E-state index in [0.29, 0.717) is 26.2 Å². The van der Waals surface area contributed by atoms with E-state index in [1.165, 1.54) is 0 Å². The van der Waals surface area contributed by atoms with Gasteiger partial charge in [0.05, 0.1) is 25.2 Å². The van der Waals surface area contributed by atoms with Crippen LogP contribution in [0.4, 0.5) is 0 Å². The summed E-state index contributed by atoms with van der Waals surface area (Å²) < 4.78 is 10.5. The van der Waals surface area contributed by atoms with Crippen molar-refractivity contribution in [2.45, 2.75) is 38.7 Å². The van der Waals surface area contributed by atoms with E-state index in [2.05, 4.69) is 5.32 Å². The van der Waals surface area contributed by atoms with E-state index in [4.69, 9.17) is 9.47 Å². The van der Waals surface area contributed by atoms with Crippen molar-refractivity contribution >= 4 is 11.9 Å². The molecule has 0 bridgehead atoms. The lowest BCUT2D eigenvalue weighted by atomic mass is 9.98. The van der Waals surface area contributed by atoms with E-state index >= 15 is 0 Å². The molecule has 1 unspecified atom stereocenters. The smallest absolute Gasteiger partial charge is 0.310 e. The van der Waals surface area contributed by atoms with Gasteiger partial charge < -0.3 is 14.8 Å². The van der Waals surface area contributed by atoms with E-state index in [1.807, 2.05) is 11.8 Å². The van der Waals surface area contributed by atoms with Gasteiger partial charge in [0.25, 0.3) is 0 Å². The molecule has 2 fully saturated rings. The second-order valence-electron chi connectivity index (χ2n) is 5.77. The molecule has 2 aliphatic rings. The largest absolute Gasteiger partial charge is 0.466 e. The van der Waals surface area contributed by atoms with Crippen molar-refractivity contribution in [3.63, 3.8) is 0 Å². The number of piperidine rings is 1. The van der Waals surface area contributed by atoms with Gasteiger partial charge in [0, 0.05) is 19.7 Å². The molecular formula is C15H26N2O4. The molecule has 2 atom stereocenters. The van der Waals surface area contributed by atoms with Crippen LogP contribution in [0.25, 0.3) is 0 Å². The van der Waals surface area contributed by atoms with Crippen molar-refractivity contribution in [3.05, 3.63) is 0 Å². The second kappa shape index (κ2) is 8.34. The van der Waals surface area contributed by atoms with Crippen molar-refractivity contribution < 1.29 is 19.1 Å². The van der Waals surface area contributed by atoms with Gasteiger partial charge in [-0.3, -0.25) is 14.5 Å². The van der Waals surface area contributed by atoms with Crippen LogP contribution in [0, 0.1) is 5.92 Å². The number of nitrogens with zero attached hydrogens (tertiary/aromatic N) is 1. The van der Waals surface area contributed by atoms with Gasteiger partial charge >= 0.3 is 5.97 Å². The minimum Gasteiger partial charge on any atom is -0.466 e. The highest BCUT2D eigenvalue weighted by atomic mass is 16.5. The van der Waals surface area contributed by atoms with Crippen LogP contribution in [0.2, 0.25) is 0 Å². The number of likely N-dealkylation sites (tertiary alicyclic amines) is 1. The number of esters is 1. The lowest BCUT2D eigenvalue weighted by Gasteiger charge is -2.30. The van der Waals surface area contributed by atoms with E-state index in [1.54, 1.807) is 0 Å². The zero-order valence-electron chi connectivity index (χ0n) is 12.8. The standard InChI is InChI=1S/C15H26N2O4/c1-2-20-15(19)12-5-3-7-17(10-12)11-14(18)16-9-13-6-4-8-21-13/h12-13H,2-11H2,1H3,(H,16,18)/t12-,13?/m1/s1. The van der Waals surface area contributed by atoms with Crippen molar-refractivity contribution in [2.75, 3.05) is 39.4 Å². The number of nitrogens with one attached hydrogen (secondary N) is 1. The Morgan fingerprint density at radius 2 is 2.19 bits per heavy atom. The predicted molar refractivity (Wildman–Crippen MR) is 77.8 cm³/mol. The number of ether oxygens (including phenoxy) is 2. The highest BCUT2D eigenvalue weighted by Gasteiger charge is 2.27. The fraction of sp³-hybridized carbons (Fsp3) is 0.867. The summed E-state index contributed by atoms with van der Waals surface area (Å²) in [7, 11) is 0. The highest BCUT2D eigenvalue weighted by Crippen LogP contribution is 2.17. The third-order valence-electron chi connectivity index (χ3n) is 4.04. The molecular weight excluding hydrogens is 272 g/mol. The van der Waals surface area contributed by atoms with Gasteiger partial charge in [-0.25, -0.2) is 0 Å². The first-order valence-corrected chi connectivity index (χ1v) is 7.96. The fourth-order valence-electron chi connectivity index (χ4n) is 2.94. The van der Waals surface area contributed by atoms with Crippen molar-refractivity contribution in [2.24, 2.45) is 5.92 Å². The van der Waals surface area contributed by atoms with Crippen LogP contribution in [0.1, 0.15) is 32.6 Å². The molecule has 0 radical (unpaired) electrons. The van der Waals surface area contributed by atoms with Crippen LogP contribution in [0.15, 0.2) is 0 Å². The normalized spacial score (nSPS) is 26.5. The second-order valence-corrected chi connectivity index (χ2v) is 5.77. The minimum atomic E-state index is -0.137. The molecule has 2 heterocycles. The summed E-state index contributed by atoms with van der Waals surface area (Å²) in [6.45, 7) is 5.45. The van der Waals surface area contributed by atoms with Gasteiger partial charge in [0.2, 0.25) is 5.91 Å². The molecule has 0 saturated carbocycles. The van der Waals surface area contributed by atoms with Crippen LogP contribution in [-0.2, 0) is 19.1 Å². The molecule has 0 spiro atoms. The van der Waals surface area contributed by atoms with E-state index < -0.39 is 0 Å². The van der Waals surface area contributed by atoms with Gasteiger partial charge in [-0.1, -0.05) is 0 Å². The Labute approximate surface area is 126 Å². The number of amides is 1. The monoisotopic (exact) mass is 298 g/mol. The summed E-state index contributed by atoms with van der Waals surface area (Å²) >= 11 is 0. The lowest BCUT2D eigenvalue weighted by Crippen LogP contribution is -2.45. The number of carbonyl (C=O) groups is 2. The molecule has 2 rings (SSSR count). The van der Waals surface area contributed by atoms with Crippen molar-refractivity contribution in [1.29, 1.82) is 0 Å². The first-order valence-electron chi connectivity index (χ1n) is 7.96. The highest BCUT2D eigenvalue weighted by molar-refractivity contribution is 5.78. The SMILES string of the molecule is CCOC(=O)[C@@H]1CCCN(CC(=O)NCC2CCCO2)C1. The number of carbonyl (C=O) groups excluding carboxylic acids is 2. The van der Waals surface area contributed by atoms with Gasteiger partial charge in [-0.2, -0.15) is 0 Å². The molecule has 1 amide bonds. The van der Waals surface area contributed by atoms with Gasteiger partial charge in [-0.15, -0.1) is 0 Å². The summed E-state index contributed by atoms with van der Waals surface area (Å²) in [5.41, 5.74) is 0. The summed E-state index contributed by atoms with van der Waals surface area (Å²) in [6, 6.07) is 0. The van der Waals surface area contributed by atoms with Crippen molar-refractivity contribution in [3.8, 4) is 0 Å². The summed E-state index contributed by atoms with van der Waals surface area (Å²) in [5, 5.41) is 2.92. The molecule has 6 heteroatoms. The van der Waals surface area contributed by atoms with E-state index in [0.717, 1.165) is 38.8 Å². The maximum atomic E-state index is 11.9. The quantitative estimate of drug-likeness (QED) is 0.726. The maximum absolute atomic E-state index is 11.9. The molecule has 6 nitrogen and oxygen atoms in total. The number of hydrogen-bond acceptors (Lipinski definition) is 5. The topological polar surface area (TPSA) is 67.9 Å². The maximum Gasteiger partial charge on any atom is 0.310 e. The average Bonchev–Trinajstić information content (AvgIpc) is 2.99. The minimum absolute atomic E-state index is 0.00927. The number of hydrogen-bond donors (Lipinski definition) is 1. The number of rotatable bonds is 6. The zero-order valence-corrected chi connectivity index (χ0v) is 12.8. The molecule has 2 saturated heterocycles. The Kier molecular flexibility index (Phi) is 6.45. The fourth-order valence-corrected chi connectivity index (χ4v) is 2.94. The predicted octanol–water partition coefficient (Wildman–Crippen LogP) is 0.557. The van der Waals surface area contributed by atoms with Crippen molar-refractivity contribution in [1.82, 2.24) is 10.2 Å². The Morgan fingerprint density at radius 1 is 1.33 bits per heavy atom. The summed E-state index contributed by atoms with van der Waals surface area (Å²) in [5.74, 6) is -0.221. The van der Waals surface area contributed by atoms with E-state index in [9.17, 15) is 9.59 Å². The van der Waals surface area contributed by atoms with Crippen LogP contribution in [0.3, 0.4) is 0 Å². The van der Waals surface area contributed by atoms with Gasteiger partial charge in [-0.05, 0) is 39.2 Å². The molecule has 120 valence electrons. The van der Waals surface area contributed by atoms with Gasteiger partial charge in [0.15, 0.2) is 0 Å². The van der Waals surface area contributed by atoms with Crippen LogP contribution < -0.4 is 5.32 Å². The zero-order chi connectivity index (χ0) is 15.1. The van der Waals surface area contributed by atoms with Crippen LogP contribution >= 0.6 is 0 Å². The molecule has 0 aromatic heterocycles. The Hall–Kier alpha value is -1.14. The van der Waals surface area contributed by atoms with Gasteiger partial charge in [0.1, 0.15) is 0 Å². The first-order chi connectivity index (χ1) is 10.2. The Balaban J connectivity index is 1.68. The third kappa shape index (κ3) is 5.28. The average molecular weight is 298 g/mol. The molecule has 0 aromatic rings. The molecule has 21 heavy (non-hydrogen) atoms. The molecule has 0 aliphatic carbocycles. The third-order valence-corrected chi connectivity index (χ3v) is 4.04.